The number of hydrogen-bond donors (Lipinski definition) is 2. The molecule has 0 saturated carbocycles. The summed E-state index contributed by atoms with van der Waals surface area (Å²) in [5.41, 5.74) is 1.11. The number of carbonyl (C=O) groups excluding carboxylic acids is 1. The quantitative estimate of drug-likeness (QED) is 0.760. The minimum absolute atomic E-state index is 0.124. The summed E-state index contributed by atoms with van der Waals surface area (Å²) in [6.07, 6.45) is 4.85. The Balaban J connectivity index is 1.57. The molecular formula is C14H22N4O. The van der Waals surface area contributed by atoms with Gasteiger partial charge in [-0.15, -0.1) is 0 Å². The van der Waals surface area contributed by atoms with Gasteiger partial charge in [0.15, 0.2) is 0 Å². The van der Waals surface area contributed by atoms with E-state index in [4.69, 9.17) is 0 Å². The van der Waals surface area contributed by atoms with Gasteiger partial charge in [0.1, 0.15) is 0 Å². The molecule has 0 aliphatic carbocycles. The van der Waals surface area contributed by atoms with Crippen molar-refractivity contribution in [1.29, 1.82) is 0 Å². The molecule has 2 N–H and O–H groups in total. The molecule has 1 amide bonds. The number of carbonyl (C=O) groups is 1. The van der Waals surface area contributed by atoms with Crippen LogP contribution in [0.15, 0.2) is 24.5 Å². The van der Waals surface area contributed by atoms with Gasteiger partial charge in [0.25, 0.3) is 0 Å². The molecule has 0 bridgehead atoms. The Morgan fingerprint density at radius 2 is 2.26 bits per heavy atom. The molecule has 1 fully saturated rings. The van der Waals surface area contributed by atoms with Crippen LogP contribution < -0.4 is 10.6 Å². The molecule has 5 heteroatoms. The minimum Gasteiger partial charge on any atom is -0.355 e. The Hall–Kier alpha value is -1.46. The topological polar surface area (TPSA) is 57.3 Å². The lowest BCUT2D eigenvalue weighted by Crippen LogP contribution is -2.46. The highest BCUT2D eigenvalue weighted by molar-refractivity contribution is 5.76. The first kappa shape index (κ1) is 14.0. The zero-order chi connectivity index (χ0) is 13.3. The van der Waals surface area contributed by atoms with E-state index in [-0.39, 0.29) is 5.91 Å². The summed E-state index contributed by atoms with van der Waals surface area (Å²) in [5, 5.41) is 6.30. The van der Waals surface area contributed by atoms with Crippen LogP contribution in [-0.4, -0.2) is 55.1 Å². The molecule has 1 aromatic rings. The van der Waals surface area contributed by atoms with Crippen LogP contribution >= 0.6 is 0 Å². The first-order valence-corrected chi connectivity index (χ1v) is 6.93. The summed E-state index contributed by atoms with van der Waals surface area (Å²) in [4.78, 5) is 18.1. The van der Waals surface area contributed by atoms with Gasteiger partial charge in [-0.25, -0.2) is 0 Å². The molecular weight excluding hydrogens is 240 g/mol. The first-order chi connectivity index (χ1) is 9.34. The highest BCUT2D eigenvalue weighted by atomic mass is 16.1. The van der Waals surface area contributed by atoms with Crippen LogP contribution in [0.5, 0.6) is 0 Å². The highest BCUT2D eigenvalue weighted by Gasteiger charge is 2.09. The van der Waals surface area contributed by atoms with Crippen molar-refractivity contribution in [2.75, 3.05) is 39.3 Å². The number of amides is 1. The summed E-state index contributed by atoms with van der Waals surface area (Å²) >= 11 is 0. The maximum atomic E-state index is 11.7. The van der Waals surface area contributed by atoms with Gasteiger partial charge in [0, 0.05) is 58.1 Å². The van der Waals surface area contributed by atoms with Gasteiger partial charge in [-0.05, 0) is 18.1 Å². The van der Waals surface area contributed by atoms with Crippen LogP contribution in [-0.2, 0) is 11.2 Å². The van der Waals surface area contributed by atoms with E-state index < -0.39 is 0 Å². The van der Waals surface area contributed by atoms with Crippen molar-refractivity contribution in [3.63, 3.8) is 0 Å². The largest absolute Gasteiger partial charge is 0.355 e. The second kappa shape index (κ2) is 7.86. The summed E-state index contributed by atoms with van der Waals surface area (Å²) in [5.74, 6) is 0.124. The lowest BCUT2D eigenvalue weighted by Gasteiger charge is -2.27. The lowest BCUT2D eigenvalue weighted by molar-refractivity contribution is -0.121. The Kier molecular flexibility index (Phi) is 5.78. The summed E-state index contributed by atoms with van der Waals surface area (Å²) in [7, 11) is 0. The molecule has 2 heterocycles. The minimum atomic E-state index is 0.124. The van der Waals surface area contributed by atoms with E-state index in [1.54, 1.807) is 6.20 Å². The van der Waals surface area contributed by atoms with Crippen LogP contribution in [0.25, 0.3) is 0 Å². The van der Waals surface area contributed by atoms with E-state index >= 15 is 0 Å². The number of nitrogens with zero attached hydrogens (tertiary/aromatic N) is 2. The van der Waals surface area contributed by atoms with Gasteiger partial charge < -0.3 is 10.6 Å². The number of piperazine rings is 1. The fourth-order valence-corrected chi connectivity index (χ4v) is 2.18. The molecule has 0 unspecified atom stereocenters. The van der Waals surface area contributed by atoms with Crippen LogP contribution in [0.1, 0.15) is 12.0 Å². The Morgan fingerprint density at radius 1 is 1.42 bits per heavy atom. The van der Waals surface area contributed by atoms with Crippen molar-refractivity contribution in [2.24, 2.45) is 0 Å². The average Bonchev–Trinajstić information content (AvgIpc) is 2.47. The fraction of sp³-hybridized carbons (Fsp3) is 0.571. The number of aryl methyl sites for hydroxylation is 1. The third kappa shape index (κ3) is 5.36. The molecule has 1 aliphatic heterocycles. The van der Waals surface area contributed by atoms with E-state index in [2.05, 4.69) is 20.5 Å². The van der Waals surface area contributed by atoms with E-state index in [0.29, 0.717) is 6.42 Å². The number of rotatable bonds is 6. The molecule has 1 saturated heterocycles. The molecule has 2 rings (SSSR count). The Bertz CT molecular complexity index is 376. The van der Waals surface area contributed by atoms with E-state index in [0.717, 1.165) is 51.3 Å². The van der Waals surface area contributed by atoms with Crippen molar-refractivity contribution in [3.8, 4) is 0 Å². The maximum Gasteiger partial charge on any atom is 0.220 e. The van der Waals surface area contributed by atoms with E-state index in [1.165, 1.54) is 0 Å². The average molecular weight is 262 g/mol. The number of nitrogens with one attached hydrogen (secondary N) is 2. The van der Waals surface area contributed by atoms with E-state index in [9.17, 15) is 4.79 Å². The third-order valence-corrected chi connectivity index (χ3v) is 3.32. The van der Waals surface area contributed by atoms with Gasteiger partial charge in [0.2, 0.25) is 5.91 Å². The normalized spacial score (nSPS) is 16.2. The first-order valence-electron chi connectivity index (χ1n) is 6.93. The summed E-state index contributed by atoms with van der Waals surface area (Å²) < 4.78 is 0. The molecule has 5 nitrogen and oxygen atoms in total. The zero-order valence-electron chi connectivity index (χ0n) is 11.3. The molecule has 0 atom stereocenters. The van der Waals surface area contributed by atoms with Crippen LogP contribution in [0, 0.1) is 0 Å². The van der Waals surface area contributed by atoms with Crippen molar-refractivity contribution >= 4 is 5.91 Å². The van der Waals surface area contributed by atoms with Crippen molar-refractivity contribution < 1.29 is 4.79 Å². The number of aromatic nitrogens is 1. The predicted molar refractivity (Wildman–Crippen MR) is 74.9 cm³/mol. The number of pyridine rings is 1. The van der Waals surface area contributed by atoms with E-state index in [1.807, 2.05) is 18.3 Å². The summed E-state index contributed by atoms with van der Waals surface area (Å²) in [6, 6.07) is 3.90. The van der Waals surface area contributed by atoms with Crippen molar-refractivity contribution in [3.05, 3.63) is 30.1 Å². The molecule has 0 radical (unpaired) electrons. The molecule has 0 spiro atoms. The zero-order valence-corrected chi connectivity index (χ0v) is 11.3. The highest BCUT2D eigenvalue weighted by Crippen LogP contribution is 2.00. The Morgan fingerprint density at radius 3 is 3.00 bits per heavy atom. The number of hydrogen-bond acceptors (Lipinski definition) is 4. The van der Waals surface area contributed by atoms with Crippen LogP contribution in [0.4, 0.5) is 0 Å². The second-order valence-electron chi connectivity index (χ2n) is 4.80. The van der Waals surface area contributed by atoms with Crippen LogP contribution in [0.2, 0.25) is 0 Å². The second-order valence-corrected chi connectivity index (χ2v) is 4.80. The Labute approximate surface area is 114 Å². The molecule has 1 aromatic heterocycles. The standard InChI is InChI=1S/C14H22N4O/c19-14(4-3-13-2-1-5-16-12-13)17-8-11-18-9-6-15-7-10-18/h1-2,5,12,15H,3-4,6-11H2,(H,17,19). The van der Waals surface area contributed by atoms with Crippen molar-refractivity contribution in [1.82, 2.24) is 20.5 Å². The fourth-order valence-electron chi connectivity index (χ4n) is 2.18. The van der Waals surface area contributed by atoms with Gasteiger partial charge in [-0.1, -0.05) is 6.07 Å². The molecule has 19 heavy (non-hydrogen) atoms. The van der Waals surface area contributed by atoms with Crippen LogP contribution in [0.3, 0.4) is 0 Å². The molecule has 0 aromatic carbocycles. The van der Waals surface area contributed by atoms with Crippen molar-refractivity contribution in [2.45, 2.75) is 12.8 Å². The molecule has 104 valence electrons. The molecule has 1 aliphatic rings. The summed E-state index contributed by atoms with van der Waals surface area (Å²) in [6.45, 7) is 5.94. The lowest BCUT2D eigenvalue weighted by atomic mass is 10.1. The predicted octanol–water partition coefficient (Wildman–Crippen LogP) is 0.0356. The van der Waals surface area contributed by atoms with Gasteiger partial charge in [-0.2, -0.15) is 0 Å². The monoisotopic (exact) mass is 262 g/mol. The van der Waals surface area contributed by atoms with Gasteiger partial charge in [-0.3, -0.25) is 14.7 Å². The SMILES string of the molecule is O=C(CCc1cccnc1)NCCN1CCNCC1. The third-order valence-electron chi connectivity index (χ3n) is 3.32. The smallest absolute Gasteiger partial charge is 0.220 e. The van der Waals surface area contributed by atoms with Gasteiger partial charge in [0.05, 0.1) is 0 Å². The maximum absolute atomic E-state index is 11.7. The van der Waals surface area contributed by atoms with Gasteiger partial charge >= 0.3 is 0 Å².